The van der Waals surface area contributed by atoms with Crippen LogP contribution in [0.3, 0.4) is 0 Å². The SMILES string of the molecule is O=S(=O)(Nc1ccon1)c1ccc(Br)cc1F. The molecule has 0 aliphatic heterocycles. The first-order chi connectivity index (χ1) is 7.99. The smallest absolute Gasteiger partial charge is 0.266 e. The molecule has 0 amide bonds. The molecule has 0 saturated heterocycles. The van der Waals surface area contributed by atoms with E-state index >= 15 is 0 Å². The van der Waals surface area contributed by atoms with Crippen LogP contribution in [0.1, 0.15) is 0 Å². The van der Waals surface area contributed by atoms with E-state index < -0.39 is 20.7 Å². The molecular weight excluding hydrogens is 315 g/mol. The Morgan fingerprint density at radius 1 is 1.35 bits per heavy atom. The van der Waals surface area contributed by atoms with Crippen molar-refractivity contribution in [1.82, 2.24) is 5.16 Å². The van der Waals surface area contributed by atoms with Gasteiger partial charge in [0, 0.05) is 10.5 Å². The summed E-state index contributed by atoms with van der Waals surface area (Å²) in [6.45, 7) is 0. The van der Waals surface area contributed by atoms with E-state index in [1.54, 1.807) is 0 Å². The van der Waals surface area contributed by atoms with E-state index in [9.17, 15) is 12.8 Å². The summed E-state index contributed by atoms with van der Waals surface area (Å²) in [5.41, 5.74) is 0. The molecule has 0 fully saturated rings. The van der Waals surface area contributed by atoms with Gasteiger partial charge in [-0.05, 0) is 18.2 Å². The van der Waals surface area contributed by atoms with Crippen LogP contribution in [0, 0.1) is 5.82 Å². The van der Waals surface area contributed by atoms with Gasteiger partial charge in [0.15, 0.2) is 5.82 Å². The van der Waals surface area contributed by atoms with Gasteiger partial charge in [0.1, 0.15) is 17.0 Å². The van der Waals surface area contributed by atoms with Crippen LogP contribution in [0.15, 0.2) is 44.4 Å². The molecule has 1 heterocycles. The normalized spacial score (nSPS) is 11.4. The lowest BCUT2D eigenvalue weighted by atomic mass is 10.3. The molecule has 1 aromatic heterocycles. The lowest BCUT2D eigenvalue weighted by molar-refractivity contribution is 0.423. The second kappa shape index (κ2) is 4.46. The summed E-state index contributed by atoms with van der Waals surface area (Å²) in [5, 5.41) is 3.38. The third kappa shape index (κ3) is 2.64. The van der Waals surface area contributed by atoms with Crippen LogP contribution in [0.4, 0.5) is 10.2 Å². The zero-order chi connectivity index (χ0) is 12.5. The van der Waals surface area contributed by atoms with E-state index in [1.165, 1.54) is 18.4 Å². The highest BCUT2D eigenvalue weighted by Crippen LogP contribution is 2.21. The van der Waals surface area contributed by atoms with Crippen LogP contribution >= 0.6 is 15.9 Å². The van der Waals surface area contributed by atoms with Gasteiger partial charge >= 0.3 is 0 Å². The second-order valence-electron chi connectivity index (χ2n) is 3.06. The Labute approximate surface area is 105 Å². The molecule has 0 radical (unpaired) electrons. The van der Waals surface area contributed by atoms with Crippen LogP contribution in [-0.4, -0.2) is 13.6 Å². The maximum absolute atomic E-state index is 13.5. The van der Waals surface area contributed by atoms with E-state index in [-0.39, 0.29) is 5.82 Å². The lowest BCUT2D eigenvalue weighted by Crippen LogP contribution is -2.14. The molecule has 2 aromatic rings. The average Bonchev–Trinajstić information content (AvgIpc) is 2.68. The molecular formula is C9H6BrFN2O3S. The van der Waals surface area contributed by atoms with Gasteiger partial charge in [-0.1, -0.05) is 21.1 Å². The summed E-state index contributed by atoms with van der Waals surface area (Å²) >= 11 is 3.04. The van der Waals surface area contributed by atoms with Gasteiger partial charge in [0.25, 0.3) is 10.0 Å². The minimum absolute atomic E-state index is 0.00711. The fraction of sp³-hybridized carbons (Fsp3) is 0. The molecule has 2 rings (SSSR count). The number of benzene rings is 1. The molecule has 90 valence electrons. The average molecular weight is 321 g/mol. The van der Waals surface area contributed by atoms with Crippen molar-refractivity contribution in [3.8, 4) is 0 Å². The first kappa shape index (κ1) is 12.1. The number of rotatable bonds is 3. The Bertz CT molecular complexity index is 628. The highest BCUT2D eigenvalue weighted by molar-refractivity contribution is 9.10. The molecule has 1 aromatic carbocycles. The van der Waals surface area contributed by atoms with Gasteiger partial charge in [0.05, 0.1) is 0 Å². The molecule has 1 N–H and O–H groups in total. The first-order valence-electron chi connectivity index (χ1n) is 4.37. The summed E-state index contributed by atoms with van der Waals surface area (Å²) in [7, 11) is -4.00. The standard InChI is InChI=1S/C9H6BrFN2O3S/c10-6-1-2-8(7(11)5-6)17(14,15)13-9-3-4-16-12-9/h1-5H,(H,12,13). The van der Waals surface area contributed by atoms with Crippen molar-refractivity contribution in [2.75, 3.05) is 4.72 Å². The molecule has 8 heteroatoms. The third-order valence-corrected chi connectivity index (χ3v) is 3.74. The number of halogens is 2. The van der Waals surface area contributed by atoms with Crippen molar-refractivity contribution in [1.29, 1.82) is 0 Å². The number of hydrogen-bond donors (Lipinski definition) is 1. The molecule has 0 atom stereocenters. The third-order valence-electron chi connectivity index (χ3n) is 1.86. The second-order valence-corrected chi connectivity index (χ2v) is 5.63. The minimum atomic E-state index is -4.00. The Hall–Kier alpha value is -1.41. The van der Waals surface area contributed by atoms with Crippen LogP contribution in [0.2, 0.25) is 0 Å². The van der Waals surface area contributed by atoms with E-state index in [0.717, 1.165) is 12.1 Å². The van der Waals surface area contributed by atoms with Crippen molar-refractivity contribution in [2.45, 2.75) is 4.90 Å². The largest absolute Gasteiger partial charge is 0.363 e. The van der Waals surface area contributed by atoms with E-state index in [2.05, 4.69) is 30.3 Å². The molecule has 5 nitrogen and oxygen atoms in total. The van der Waals surface area contributed by atoms with Crippen molar-refractivity contribution >= 4 is 31.8 Å². The zero-order valence-electron chi connectivity index (χ0n) is 8.22. The summed E-state index contributed by atoms with van der Waals surface area (Å²) < 4.78 is 44.1. The highest BCUT2D eigenvalue weighted by Gasteiger charge is 2.20. The molecule has 17 heavy (non-hydrogen) atoms. The van der Waals surface area contributed by atoms with Crippen LogP contribution in [0.25, 0.3) is 0 Å². The van der Waals surface area contributed by atoms with Gasteiger partial charge in [-0.25, -0.2) is 12.8 Å². The maximum atomic E-state index is 13.5. The molecule has 0 aliphatic carbocycles. The summed E-state index contributed by atoms with van der Waals surface area (Å²) in [5.74, 6) is -0.859. The first-order valence-corrected chi connectivity index (χ1v) is 6.65. The fourth-order valence-electron chi connectivity index (χ4n) is 1.15. The van der Waals surface area contributed by atoms with Crippen LogP contribution < -0.4 is 4.72 Å². The van der Waals surface area contributed by atoms with Crippen LogP contribution in [0.5, 0.6) is 0 Å². The summed E-state index contributed by atoms with van der Waals surface area (Å²) in [4.78, 5) is -0.455. The predicted molar refractivity (Wildman–Crippen MR) is 61.4 cm³/mol. The topological polar surface area (TPSA) is 72.2 Å². The summed E-state index contributed by atoms with van der Waals surface area (Å²) in [6, 6.07) is 4.97. The van der Waals surface area contributed by atoms with Gasteiger partial charge in [-0.3, -0.25) is 4.72 Å². The molecule has 0 spiro atoms. The van der Waals surface area contributed by atoms with Crippen molar-refractivity contribution in [3.05, 3.63) is 40.8 Å². The number of anilines is 1. The van der Waals surface area contributed by atoms with Gasteiger partial charge < -0.3 is 4.52 Å². The maximum Gasteiger partial charge on any atom is 0.266 e. The van der Waals surface area contributed by atoms with Gasteiger partial charge in [0.2, 0.25) is 0 Å². The molecule has 0 saturated carbocycles. The Morgan fingerprint density at radius 3 is 2.71 bits per heavy atom. The quantitative estimate of drug-likeness (QED) is 0.942. The Morgan fingerprint density at radius 2 is 2.12 bits per heavy atom. The molecule has 0 aliphatic rings. The minimum Gasteiger partial charge on any atom is -0.363 e. The number of nitrogens with zero attached hydrogens (tertiary/aromatic N) is 1. The van der Waals surface area contributed by atoms with Crippen molar-refractivity contribution < 1.29 is 17.3 Å². The van der Waals surface area contributed by atoms with Crippen molar-refractivity contribution in [3.63, 3.8) is 0 Å². The van der Waals surface area contributed by atoms with Crippen molar-refractivity contribution in [2.24, 2.45) is 0 Å². The molecule has 0 unspecified atom stereocenters. The number of sulfonamides is 1. The molecule has 0 bridgehead atoms. The van der Waals surface area contributed by atoms with Gasteiger partial charge in [-0.15, -0.1) is 0 Å². The number of aromatic nitrogens is 1. The van der Waals surface area contributed by atoms with Gasteiger partial charge in [-0.2, -0.15) is 0 Å². The number of hydrogen-bond acceptors (Lipinski definition) is 4. The highest BCUT2D eigenvalue weighted by atomic mass is 79.9. The summed E-state index contributed by atoms with van der Waals surface area (Å²) in [6.07, 6.45) is 1.20. The zero-order valence-corrected chi connectivity index (χ0v) is 10.6. The monoisotopic (exact) mass is 320 g/mol. The number of nitrogens with one attached hydrogen (secondary N) is 1. The van der Waals surface area contributed by atoms with Crippen LogP contribution in [-0.2, 0) is 10.0 Å². The lowest BCUT2D eigenvalue weighted by Gasteiger charge is -2.05. The van der Waals surface area contributed by atoms with E-state index in [1.807, 2.05) is 0 Å². The Kier molecular flexibility index (Phi) is 3.16. The fourth-order valence-corrected chi connectivity index (χ4v) is 2.54. The van der Waals surface area contributed by atoms with E-state index in [4.69, 9.17) is 0 Å². The van der Waals surface area contributed by atoms with E-state index in [0.29, 0.717) is 4.47 Å². The Balaban J connectivity index is 2.38. The predicted octanol–water partition coefficient (Wildman–Crippen LogP) is 2.38.